The lowest BCUT2D eigenvalue weighted by atomic mass is 9.54. The summed E-state index contributed by atoms with van der Waals surface area (Å²) in [5.74, 6) is -3.06. The zero-order chi connectivity index (χ0) is 19.5. The average molecular weight is 352 g/mol. The predicted octanol–water partition coefficient (Wildman–Crippen LogP) is 0.191. The quantitative estimate of drug-likeness (QED) is 0.701. The van der Waals surface area contributed by atoms with Gasteiger partial charge in [-0.3, -0.25) is 15.3 Å². The van der Waals surface area contributed by atoms with Crippen molar-refractivity contribution in [3.05, 3.63) is 24.4 Å². The van der Waals surface area contributed by atoms with Crippen molar-refractivity contribution >= 4 is 23.7 Å². The van der Waals surface area contributed by atoms with Crippen LogP contribution in [-0.4, -0.2) is 28.1 Å². The smallest absolute Gasteiger partial charge is 0.309 e. The molecule has 1 fully saturated rings. The Labute approximate surface area is 145 Å². The zero-order valence-electron chi connectivity index (χ0n) is 14.5. The number of aromatic nitrogens is 1. The molecule has 0 aromatic carbocycles. The number of carboxylic acids is 3. The van der Waals surface area contributed by atoms with Crippen molar-refractivity contribution in [3.8, 4) is 0 Å². The molecule has 1 heterocycles. The van der Waals surface area contributed by atoms with Gasteiger partial charge in [0.15, 0.2) is 0 Å². The first-order chi connectivity index (χ1) is 11.3. The van der Waals surface area contributed by atoms with Crippen LogP contribution in [0.1, 0.15) is 40.0 Å². The minimum atomic E-state index is -1.45. The Kier molecular flexibility index (Phi) is 5.78. The highest BCUT2D eigenvalue weighted by atomic mass is 16.4. The molecule has 3 atom stereocenters. The van der Waals surface area contributed by atoms with Crippen molar-refractivity contribution < 1.29 is 34.7 Å². The fraction of sp³-hybridized carbons (Fsp3) is 0.529. The highest BCUT2D eigenvalue weighted by Crippen LogP contribution is 2.54. The third-order valence-electron chi connectivity index (χ3n) is 4.60. The lowest BCUT2D eigenvalue weighted by Gasteiger charge is -2.49. The van der Waals surface area contributed by atoms with E-state index in [1.807, 2.05) is 12.1 Å². The Morgan fingerprint density at radius 3 is 1.68 bits per heavy atom. The number of nitrogens with two attached hydrogens (primary N) is 1. The van der Waals surface area contributed by atoms with Gasteiger partial charge in [-0.15, -0.1) is 0 Å². The largest absolute Gasteiger partial charge is 0.550 e. The molecule has 1 aliphatic rings. The molecule has 8 heteroatoms. The molecule has 1 aromatic heterocycles. The number of carboxylic acid groups (broad SMARTS) is 3. The lowest BCUT2D eigenvalue weighted by Crippen LogP contribution is -2.55. The summed E-state index contributed by atoms with van der Waals surface area (Å²) < 4.78 is 0. The number of pyridine rings is 1. The summed E-state index contributed by atoms with van der Waals surface area (Å²) in [7, 11) is 0. The molecule has 0 radical (unpaired) electrons. The summed E-state index contributed by atoms with van der Waals surface area (Å²) >= 11 is 0. The summed E-state index contributed by atoms with van der Waals surface area (Å²) in [5, 5.41) is 29.6. The van der Waals surface area contributed by atoms with Gasteiger partial charge in [-0.2, -0.15) is 0 Å². The number of hydrogen-bond donors (Lipinski definition) is 3. The average Bonchev–Trinajstić information content (AvgIpc) is 2.47. The van der Waals surface area contributed by atoms with Gasteiger partial charge in [0.1, 0.15) is 0 Å². The van der Waals surface area contributed by atoms with Gasteiger partial charge < -0.3 is 20.1 Å². The molecule has 1 unspecified atom stereocenters. The van der Waals surface area contributed by atoms with Gasteiger partial charge in [-0.1, -0.05) is 13.0 Å². The minimum absolute atomic E-state index is 0.0897. The third-order valence-corrected chi connectivity index (χ3v) is 4.60. The number of H-pyrrole nitrogens is 1. The summed E-state index contributed by atoms with van der Waals surface area (Å²) in [5.41, 5.74) is 1.11. The fourth-order valence-corrected chi connectivity index (χ4v) is 3.62. The molecule has 1 aliphatic carbocycles. The van der Waals surface area contributed by atoms with Crippen LogP contribution >= 0.6 is 0 Å². The fourth-order valence-electron chi connectivity index (χ4n) is 3.62. The number of rotatable bonds is 3. The highest BCUT2D eigenvalue weighted by Gasteiger charge is 2.55. The maximum atomic E-state index is 11.3. The van der Waals surface area contributed by atoms with Gasteiger partial charge in [0.2, 0.25) is 0 Å². The first-order valence-electron chi connectivity index (χ1n) is 7.75. The van der Waals surface area contributed by atoms with Crippen LogP contribution in [0.3, 0.4) is 0 Å². The molecule has 0 amide bonds. The van der Waals surface area contributed by atoms with Crippen LogP contribution in [-0.2, 0) is 14.4 Å². The number of nitrogens with one attached hydrogen (secondary N) is 1. The maximum Gasteiger partial charge on any atom is 0.309 e. The van der Waals surface area contributed by atoms with Gasteiger partial charge in [0, 0.05) is 17.5 Å². The number of carbonyl (C=O) groups excluding carboxylic acids is 1. The van der Waals surface area contributed by atoms with E-state index in [1.54, 1.807) is 12.3 Å². The van der Waals surface area contributed by atoms with Crippen LogP contribution in [0.2, 0.25) is 0 Å². The molecule has 5 N–H and O–H groups in total. The van der Waals surface area contributed by atoms with Gasteiger partial charge in [-0.25, -0.2) is 4.98 Å². The number of nitrogen functional groups attached to an aromatic ring is 1. The van der Waals surface area contributed by atoms with Gasteiger partial charge in [0.05, 0.1) is 17.0 Å². The van der Waals surface area contributed by atoms with Crippen molar-refractivity contribution in [2.24, 2.45) is 16.2 Å². The van der Waals surface area contributed by atoms with Crippen LogP contribution in [0.5, 0.6) is 0 Å². The van der Waals surface area contributed by atoms with E-state index in [0.717, 1.165) is 0 Å². The molecule has 138 valence electrons. The van der Waals surface area contributed by atoms with E-state index in [2.05, 4.69) is 4.98 Å². The van der Waals surface area contributed by atoms with E-state index >= 15 is 0 Å². The van der Waals surface area contributed by atoms with E-state index in [9.17, 15) is 29.7 Å². The van der Waals surface area contributed by atoms with Gasteiger partial charge in [-0.05, 0) is 39.2 Å². The standard InChI is InChI=1S/C12H18O6.C5H6N2/c1-10(7(13)14)4-11(2,8(15)16)6-12(3,5-10)9(17)18;6-5-3-1-2-4-7-5/h4-6H2,1-3H3,(H,13,14)(H,15,16)(H,17,18);1-4H,(H2,6,7). The second kappa shape index (κ2) is 7.08. The van der Waals surface area contributed by atoms with E-state index in [0.29, 0.717) is 5.82 Å². The molecule has 8 nitrogen and oxygen atoms in total. The maximum absolute atomic E-state index is 11.3. The number of aromatic amines is 1. The van der Waals surface area contributed by atoms with E-state index < -0.39 is 34.2 Å². The molecule has 0 aliphatic heterocycles. The second-order valence-electron chi connectivity index (χ2n) is 7.43. The van der Waals surface area contributed by atoms with Gasteiger partial charge >= 0.3 is 11.9 Å². The van der Waals surface area contributed by atoms with E-state index in [-0.39, 0.29) is 19.3 Å². The van der Waals surface area contributed by atoms with Crippen molar-refractivity contribution in [3.63, 3.8) is 0 Å². The number of anilines is 1. The normalized spacial score (nSPS) is 31.3. The first-order valence-corrected chi connectivity index (χ1v) is 7.75. The van der Waals surface area contributed by atoms with Crippen LogP contribution < -0.4 is 15.8 Å². The van der Waals surface area contributed by atoms with Crippen LogP contribution in [0.25, 0.3) is 0 Å². The minimum Gasteiger partial charge on any atom is -0.550 e. The van der Waals surface area contributed by atoms with Crippen LogP contribution in [0, 0.1) is 16.2 Å². The van der Waals surface area contributed by atoms with Crippen LogP contribution in [0.15, 0.2) is 24.4 Å². The molecule has 0 saturated heterocycles. The molecule has 0 spiro atoms. The molecule has 25 heavy (non-hydrogen) atoms. The second-order valence-corrected chi connectivity index (χ2v) is 7.43. The highest BCUT2D eigenvalue weighted by molar-refractivity contribution is 5.83. The Morgan fingerprint density at radius 1 is 1.00 bits per heavy atom. The van der Waals surface area contributed by atoms with Crippen molar-refractivity contribution in [2.45, 2.75) is 40.0 Å². The molecule has 0 bridgehead atoms. The summed E-state index contributed by atoms with van der Waals surface area (Å²) in [6.45, 7) is 4.12. The topological polar surface area (TPSA) is 155 Å². The molecular formula is C17H24N2O6. The monoisotopic (exact) mass is 352 g/mol. The molecule has 2 rings (SSSR count). The summed E-state index contributed by atoms with van der Waals surface area (Å²) in [6.07, 6.45) is 1.45. The van der Waals surface area contributed by atoms with Crippen molar-refractivity contribution in [2.75, 3.05) is 5.73 Å². The zero-order valence-corrected chi connectivity index (χ0v) is 14.5. The summed E-state index contributed by atoms with van der Waals surface area (Å²) in [4.78, 5) is 36.6. The Morgan fingerprint density at radius 2 is 1.44 bits per heavy atom. The molecular weight excluding hydrogens is 328 g/mol. The number of hydrogen-bond acceptors (Lipinski definition) is 5. The Hall–Kier alpha value is -2.64. The third kappa shape index (κ3) is 4.68. The predicted molar refractivity (Wildman–Crippen MR) is 85.9 cm³/mol. The molecule has 1 saturated carbocycles. The lowest BCUT2D eigenvalue weighted by molar-refractivity contribution is -0.360. The van der Waals surface area contributed by atoms with Crippen LogP contribution in [0.4, 0.5) is 5.82 Å². The van der Waals surface area contributed by atoms with E-state index in [1.165, 1.54) is 20.8 Å². The SMILES string of the molecule is CC1(C(=O)[O-])C[C@](C)(C(=O)O)C[C@](C)(C(=O)O)C1.Nc1cccc[nH+]1. The molecule has 1 aromatic rings. The summed E-state index contributed by atoms with van der Waals surface area (Å²) in [6, 6.07) is 5.57. The number of carbonyl (C=O) groups is 3. The van der Waals surface area contributed by atoms with Gasteiger partial charge in [0.25, 0.3) is 5.82 Å². The first kappa shape index (κ1) is 20.4. The Balaban J connectivity index is 0.000000370. The number of aliphatic carboxylic acids is 3. The van der Waals surface area contributed by atoms with E-state index in [4.69, 9.17) is 5.73 Å². The van der Waals surface area contributed by atoms with Crippen molar-refractivity contribution in [1.29, 1.82) is 0 Å². The Bertz CT molecular complexity index is 591. The van der Waals surface area contributed by atoms with Crippen molar-refractivity contribution in [1.82, 2.24) is 0 Å².